The highest BCUT2D eigenvalue weighted by atomic mass is 14.3. The quantitative estimate of drug-likeness (QED) is 0.146. The van der Waals surface area contributed by atoms with Gasteiger partial charge in [0.05, 0.1) is 0 Å². The van der Waals surface area contributed by atoms with Gasteiger partial charge < -0.3 is 0 Å². The summed E-state index contributed by atoms with van der Waals surface area (Å²) in [5, 5.41) is 2.63. The van der Waals surface area contributed by atoms with Gasteiger partial charge in [0.25, 0.3) is 0 Å². The third kappa shape index (κ3) is 9.87. The van der Waals surface area contributed by atoms with Crippen LogP contribution in [-0.2, 0) is 6.42 Å². The van der Waals surface area contributed by atoms with Crippen molar-refractivity contribution in [2.45, 2.75) is 129 Å². The Morgan fingerprint density at radius 3 is 1.90 bits per heavy atom. The monoisotopic (exact) mass is 520 g/mol. The van der Waals surface area contributed by atoms with Crippen molar-refractivity contribution in [1.29, 1.82) is 0 Å². The van der Waals surface area contributed by atoms with E-state index < -0.39 is 0 Å². The molecule has 0 aliphatic heterocycles. The number of hydrogen-bond donors (Lipinski definition) is 0. The fourth-order valence-corrected chi connectivity index (χ4v) is 6.44. The van der Waals surface area contributed by atoms with Crippen LogP contribution in [-0.4, -0.2) is 0 Å². The number of benzene rings is 3. The molecule has 1 aliphatic rings. The van der Waals surface area contributed by atoms with Crippen LogP contribution in [0.25, 0.3) is 10.8 Å². The van der Waals surface area contributed by atoms with Gasteiger partial charge in [0, 0.05) is 11.1 Å². The van der Waals surface area contributed by atoms with Gasteiger partial charge >= 0.3 is 0 Å². The van der Waals surface area contributed by atoms with E-state index in [1.807, 2.05) is 0 Å². The smallest absolute Gasteiger partial charge is 0.0255 e. The molecule has 3 aromatic rings. The van der Waals surface area contributed by atoms with Gasteiger partial charge in [0.2, 0.25) is 0 Å². The van der Waals surface area contributed by atoms with Crippen molar-refractivity contribution in [3.8, 4) is 11.8 Å². The maximum absolute atomic E-state index is 3.41. The zero-order chi connectivity index (χ0) is 27.1. The second-order valence-electron chi connectivity index (χ2n) is 12.2. The third-order valence-electron chi connectivity index (χ3n) is 9.02. The average Bonchev–Trinajstić information content (AvgIpc) is 2.98. The first-order chi connectivity index (χ1) is 19.2. The van der Waals surface area contributed by atoms with Crippen LogP contribution in [0.15, 0.2) is 60.7 Å². The van der Waals surface area contributed by atoms with Crippen LogP contribution in [0.2, 0.25) is 0 Å². The van der Waals surface area contributed by atoms with Gasteiger partial charge in [-0.25, -0.2) is 0 Å². The Balaban J connectivity index is 1.24. The Hall–Kier alpha value is -2.52. The van der Waals surface area contributed by atoms with Gasteiger partial charge in [-0.2, -0.15) is 0 Å². The van der Waals surface area contributed by atoms with E-state index in [1.165, 1.54) is 131 Å². The Labute approximate surface area is 240 Å². The Kier molecular flexibility index (Phi) is 12.5. The van der Waals surface area contributed by atoms with Crippen LogP contribution in [0, 0.1) is 17.8 Å². The molecule has 0 unspecified atom stereocenters. The summed E-state index contributed by atoms with van der Waals surface area (Å²) < 4.78 is 0. The molecule has 0 radical (unpaired) electrons. The van der Waals surface area contributed by atoms with Crippen molar-refractivity contribution in [3.05, 3.63) is 82.9 Å². The van der Waals surface area contributed by atoms with Gasteiger partial charge in [0.1, 0.15) is 0 Å². The highest BCUT2D eigenvalue weighted by Crippen LogP contribution is 2.37. The van der Waals surface area contributed by atoms with Gasteiger partial charge in [-0.3, -0.25) is 0 Å². The molecule has 1 saturated carbocycles. The predicted octanol–water partition coefficient (Wildman–Crippen LogP) is 11.8. The first kappa shape index (κ1) is 29.5. The van der Waals surface area contributed by atoms with Crippen LogP contribution in [0.5, 0.6) is 0 Å². The van der Waals surface area contributed by atoms with Gasteiger partial charge in [-0.1, -0.05) is 133 Å². The molecular weight excluding hydrogens is 468 g/mol. The lowest BCUT2D eigenvalue weighted by atomic mass is 9.77. The summed E-state index contributed by atoms with van der Waals surface area (Å²) in [6, 6.07) is 22.8. The van der Waals surface area contributed by atoms with Crippen molar-refractivity contribution >= 4 is 10.8 Å². The van der Waals surface area contributed by atoms with Crippen molar-refractivity contribution in [1.82, 2.24) is 0 Å². The van der Waals surface area contributed by atoms with Gasteiger partial charge in [0.15, 0.2) is 0 Å². The molecule has 0 heteroatoms. The molecule has 0 nitrogen and oxygen atoms in total. The molecule has 1 aliphatic carbocycles. The minimum absolute atomic E-state index is 0.745. The molecule has 208 valence electrons. The van der Waals surface area contributed by atoms with E-state index in [2.05, 4.69) is 86.4 Å². The molecule has 0 heterocycles. The number of unbranched alkanes of at least 4 members (excludes halogenated alkanes) is 9. The summed E-state index contributed by atoms with van der Waals surface area (Å²) in [7, 11) is 0. The molecule has 4 rings (SSSR count). The lowest BCUT2D eigenvalue weighted by Gasteiger charge is -2.29. The summed E-state index contributed by atoms with van der Waals surface area (Å²) in [4.78, 5) is 0. The number of aryl methyl sites for hydroxylation is 1. The zero-order valence-electron chi connectivity index (χ0n) is 24.9. The predicted molar refractivity (Wildman–Crippen MR) is 172 cm³/mol. The minimum atomic E-state index is 0.745. The fraction of sp³-hybridized carbons (Fsp3) is 0.538. The third-order valence-corrected chi connectivity index (χ3v) is 9.02. The zero-order valence-corrected chi connectivity index (χ0v) is 24.9. The summed E-state index contributed by atoms with van der Waals surface area (Å²) in [5.74, 6) is 8.54. The highest BCUT2D eigenvalue weighted by molar-refractivity contribution is 5.84. The lowest BCUT2D eigenvalue weighted by molar-refractivity contribution is 0.302. The molecule has 0 atom stereocenters. The van der Waals surface area contributed by atoms with E-state index in [0.717, 1.165) is 23.0 Å². The molecule has 3 aromatic carbocycles. The first-order valence-corrected chi connectivity index (χ1v) is 16.4. The summed E-state index contributed by atoms with van der Waals surface area (Å²) in [6.45, 7) is 4.59. The second-order valence-corrected chi connectivity index (χ2v) is 12.2. The van der Waals surface area contributed by atoms with Crippen LogP contribution in [0.4, 0.5) is 0 Å². The maximum atomic E-state index is 3.41. The van der Waals surface area contributed by atoms with E-state index in [0.29, 0.717) is 0 Å². The first-order valence-electron chi connectivity index (χ1n) is 16.4. The minimum Gasteiger partial charge on any atom is -0.0654 e. The molecule has 0 N–H and O–H groups in total. The van der Waals surface area contributed by atoms with Crippen LogP contribution in [0.3, 0.4) is 0 Å². The van der Waals surface area contributed by atoms with Crippen molar-refractivity contribution in [2.24, 2.45) is 5.92 Å². The Morgan fingerprint density at radius 1 is 0.564 bits per heavy atom. The van der Waals surface area contributed by atoms with Crippen molar-refractivity contribution in [2.75, 3.05) is 0 Å². The van der Waals surface area contributed by atoms with Gasteiger partial charge in [-0.05, 0) is 96.5 Å². The second kappa shape index (κ2) is 16.6. The molecule has 1 fully saturated rings. The SMILES string of the molecule is CCCCCCCCc1ccc2cc(C#Cc3ccc([C@H]4CC[C@H](CCCCCCC)CC4)cc3)ccc2c1. The number of fused-ring (bicyclic) bond motifs is 1. The number of hydrogen-bond acceptors (Lipinski definition) is 0. The fourth-order valence-electron chi connectivity index (χ4n) is 6.44. The molecule has 0 aromatic heterocycles. The Bertz CT molecular complexity index is 1160. The highest BCUT2D eigenvalue weighted by Gasteiger charge is 2.21. The standard InChI is InChI=1S/C39H52/c1-3-5-7-9-11-13-15-34-22-28-39-31-35(23-29-38(39)30-34)17-16-33-20-26-37(27-21-33)36-24-18-32(19-25-36)14-12-10-8-6-4-2/h20-23,26-32,36H,3-15,18-19,24-25H2,1-2H3/t32-,36-. The van der Waals surface area contributed by atoms with Crippen LogP contribution < -0.4 is 0 Å². The van der Waals surface area contributed by atoms with E-state index in [9.17, 15) is 0 Å². The van der Waals surface area contributed by atoms with Crippen LogP contribution in [0.1, 0.15) is 145 Å². The average molecular weight is 521 g/mol. The van der Waals surface area contributed by atoms with E-state index >= 15 is 0 Å². The molecule has 0 amide bonds. The van der Waals surface area contributed by atoms with Gasteiger partial charge in [-0.15, -0.1) is 0 Å². The van der Waals surface area contributed by atoms with Crippen LogP contribution >= 0.6 is 0 Å². The summed E-state index contributed by atoms with van der Waals surface area (Å²) in [5.41, 5.74) is 5.20. The molecule has 0 saturated heterocycles. The summed E-state index contributed by atoms with van der Waals surface area (Å²) >= 11 is 0. The van der Waals surface area contributed by atoms with E-state index in [4.69, 9.17) is 0 Å². The van der Waals surface area contributed by atoms with Crippen molar-refractivity contribution < 1.29 is 0 Å². The lowest BCUT2D eigenvalue weighted by Crippen LogP contribution is -2.13. The molecule has 0 spiro atoms. The summed E-state index contributed by atoms with van der Waals surface area (Å²) in [6.07, 6.45) is 23.4. The normalized spacial score (nSPS) is 17.2. The largest absolute Gasteiger partial charge is 0.0654 e. The van der Waals surface area contributed by atoms with E-state index in [-0.39, 0.29) is 0 Å². The number of rotatable bonds is 14. The maximum Gasteiger partial charge on any atom is 0.0255 e. The Morgan fingerprint density at radius 2 is 1.15 bits per heavy atom. The van der Waals surface area contributed by atoms with E-state index in [1.54, 1.807) is 0 Å². The molecule has 0 bridgehead atoms. The molecule has 39 heavy (non-hydrogen) atoms. The molecular formula is C39H52. The topological polar surface area (TPSA) is 0 Å². The van der Waals surface area contributed by atoms with Crippen molar-refractivity contribution in [3.63, 3.8) is 0 Å².